The maximum Gasteiger partial charge on any atom is 0.324 e. The number of rotatable bonds is 3. The number of aliphatic hydroxyl groups excluding tert-OH is 1. The van der Waals surface area contributed by atoms with Crippen LogP contribution in [0.2, 0.25) is 0 Å². The minimum atomic E-state index is -0.500. The number of hydrogen-bond donors (Lipinski definition) is 1. The summed E-state index contributed by atoms with van der Waals surface area (Å²) in [4.78, 5) is 10.0. The highest BCUT2D eigenvalue weighted by Crippen LogP contribution is 2.26. The SMILES string of the molecule is Cc1c([N+](=O)[O-])c(Br)nn1CCO. The van der Waals surface area contributed by atoms with Crippen LogP contribution in [0.15, 0.2) is 4.60 Å². The van der Waals surface area contributed by atoms with Crippen LogP contribution in [0.4, 0.5) is 5.69 Å². The zero-order valence-electron chi connectivity index (χ0n) is 6.90. The molecule has 1 N–H and O–H groups in total. The van der Waals surface area contributed by atoms with E-state index in [0.717, 1.165) is 0 Å². The third kappa shape index (κ3) is 1.86. The number of aliphatic hydroxyl groups is 1. The van der Waals surface area contributed by atoms with Crippen molar-refractivity contribution in [1.82, 2.24) is 9.78 Å². The Morgan fingerprint density at radius 1 is 1.77 bits per heavy atom. The van der Waals surface area contributed by atoms with Crippen molar-refractivity contribution in [2.45, 2.75) is 13.5 Å². The molecular weight excluding hydrogens is 242 g/mol. The van der Waals surface area contributed by atoms with Crippen molar-refractivity contribution in [3.05, 3.63) is 20.4 Å². The molecule has 0 bridgehead atoms. The van der Waals surface area contributed by atoms with E-state index < -0.39 is 4.92 Å². The molecule has 0 saturated carbocycles. The van der Waals surface area contributed by atoms with E-state index >= 15 is 0 Å². The molecule has 0 radical (unpaired) electrons. The van der Waals surface area contributed by atoms with Gasteiger partial charge in [-0.15, -0.1) is 0 Å². The number of nitro groups is 1. The van der Waals surface area contributed by atoms with Gasteiger partial charge in [-0.2, -0.15) is 5.10 Å². The molecule has 0 amide bonds. The second kappa shape index (κ2) is 3.84. The second-order valence-electron chi connectivity index (χ2n) is 2.43. The first kappa shape index (κ1) is 10.1. The fraction of sp³-hybridized carbons (Fsp3) is 0.500. The molecule has 0 spiro atoms. The monoisotopic (exact) mass is 249 g/mol. The Morgan fingerprint density at radius 2 is 2.38 bits per heavy atom. The molecule has 1 aromatic rings. The van der Waals surface area contributed by atoms with Crippen LogP contribution >= 0.6 is 15.9 Å². The Labute approximate surface area is 82.4 Å². The topological polar surface area (TPSA) is 81.2 Å². The predicted octanol–water partition coefficient (Wildman–Crippen LogP) is 0.855. The first-order valence-electron chi connectivity index (χ1n) is 3.56. The Hall–Kier alpha value is -0.950. The molecule has 0 aromatic carbocycles. The van der Waals surface area contributed by atoms with Crippen molar-refractivity contribution in [2.24, 2.45) is 0 Å². The number of halogens is 1. The highest BCUT2D eigenvalue weighted by molar-refractivity contribution is 9.10. The summed E-state index contributed by atoms with van der Waals surface area (Å²) in [5, 5.41) is 23.0. The van der Waals surface area contributed by atoms with E-state index in [0.29, 0.717) is 5.69 Å². The lowest BCUT2D eigenvalue weighted by molar-refractivity contribution is -0.386. The van der Waals surface area contributed by atoms with Gasteiger partial charge in [-0.05, 0) is 22.9 Å². The van der Waals surface area contributed by atoms with Crippen molar-refractivity contribution in [1.29, 1.82) is 0 Å². The zero-order chi connectivity index (χ0) is 10.0. The van der Waals surface area contributed by atoms with Crippen molar-refractivity contribution in [2.75, 3.05) is 6.61 Å². The molecule has 0 aliphatic rings. The molecule has 0 unspecified atom stereocenters. The number of nitrogens with zero attached hydrogens (tertiary/aromatic N) is 3. The Bertz CT molecular complexity index is 336. The molecule has 0 atom stereocenters. The van der Waals surface area contributed by atoms with Crippen LogP contribution in [0.3, 0.4) is 0 Å². The van der Waals surface area contributed by atoms with Crippen LogP contribution in [0.25, 0.3) is 0 Å². The number of hydrogen-bond acceptors (Lipinski definition) is 4. The molecule has 1 aromatic heterocycles. The highest BCUT2D eigenvalue weighted by atomic mass is 79.9. The van der Waals surface area contributed by atoms with Gasteiger partial charge in [-0.3, -0.25) is 14.8 Å². The van der Waals surface area contributed by atoms with Crippen LogP contribution < -0.4 is 0 Å². The Morgan fingerprint density at radius 3 is 2.77 bits per heavy atom. The molecule has 72 valence electrons. The van der Waals surface area contributed by atoms with Crippen molar-refractivity contribution in [3.8, 4) is 0 Å². The first-order chi connectivity index (χ1) is 6.07. The Balaban J connectivity index is 3.14. The van der Waals surface area contributed by atoms with E-state index in [-0.39, 0.29) is 23.4 Å². The normalized spacial score (nSPS) is 10.4. The van der Waals surface area contributed by atoms with Gasteiger partial charge in [0.05, 0.1) is 18.1 Å². The lowest BCUT2D eigenvalue weighted by Crippen LogP contribution is -2.05. The second-order valence-corrected chi connectivity index (χ2v) is 3.18. The summed E-state index contributed by atoms with van der Waals surface area (Å²) >= 11 is 2.98. The van der Waals surface area contributed by atoms with E-state index in [1.54, 1.807) is 6.92 Å². The van der Waals surface area contributed by atoms with Crippen LogP contribution in [0.1, 0.15) is 5.69 Å². The van der Waals surface area contributed by atoms with Gasteiger partial charge in [0.1, 0.15) is 5.69 Å². The van der Waals surface area contributed by atoms with E-state index in [4.69, 9.17) is 5.11 Å². The maximum atomic E-state index is 10.5. The van der Waals surface area contributed by atoms with Gasteiger partial charge in [-0.25, -0.2) is 0 Å². The molecular formula is C6H8BrN3O3. The van der Waals surface area contributed by atoms with Gasteiger partial charge in [0.2, 0.25) is 4.60 Å². The number of aromatic nitrogens is 2. The lowest BCUT2D eigenvalue weighted by Gasteiger charge is -1.97. The minimum absolute atomic E-state index is 0.0477. The maximum absolute atomic E-state index is 10.5. The van der Waals surface area contributed by atoms with E-state index in [1.165, 1.54) is 4.68 Å². The molecule has 6 nitrogen and oxygen atoms in total. The summed E-state index contributed by atoms with van der Waals surface area (Å²) in [6.07, 6.45) is 0. The Kier molecular flexibility index (Phi) is 2.99. The largest absolute Gasteiger partial charge is 0.394 e. The van der Waals surface area contributed by atoms with E-state index in [1.807, 2.05) is 0 Å². The van der Waals surface area contributed by atoms with Gasteiger partial charge in [0.25, 0.3) is 0 Å². The molecule has 0 fully saturated rings. The summed E-state index contributed by atoms with van der Waals surface area (Å²) in [5.41, 5.74) is 0.388. The third-order valence-corrected chi connectivity index (χ3v) is 2.16. The zero-order valence-corrected chi connectivity index (χ0v) is 8.48. The molecule has 1 rings (SSSR count). The van der Waals surface area contributed by atoms with Crippen molar-refractivity contribution < 1.29 is 10.0 Å². The van der Waals surface area contributed by atoms with Crippen LogP contribution in [-0.4, -0.2) is 26.4 Å². The smallest absolute Gasteiger partial charge is 0.324 e. The van der Waals surface area contributed by atoms with Gasteiger partial charge < -0.3 is 5.11 Å². The van der Waals surface area contributed by atoms with Gasteiger partial charge in [-0.1, -0.05) is 0 Å². The fourth-order valence-electron chi connectivity index (χ4n) is 1.02. The minimum Gasteiger partial charge on any atom is -0.394 e. The lowest BCUT2D eigenvalue weighted by atomic mass is 10.4. The molecule has 0 aliphatic carbocycles. The summed E-state index contributed by atoms with van der Waals surface area (Å²) < 4.78 is 1.59. The predicted molar refractivity (Wildman–Crippen MR) is 48.4 cm³/mol. The summed E-state index contributed by atoms with van der Waals surface area (Å²) in [7, 11) is 0. The van der Waals surface area contributed by atoms with Crippen molar-refractivity contribution >= 4 is 21.6 Å². The first-order valence-corrected chi connectivity index (χ1v) is 4.35. The molecule has 0 saturated heterocycles. The van der Waals surface area contributed by atoms with Gasteiger partial charge >= 0.3 is 5.69 Å². The quantitative estimate of drug-likeness (QED) is 0.637. The van der Waals surface area contributed by atoms with Crippen LogP contribution in [0, 0.1) is 17.0 Å². The van der Waals surface area contributed by atoms with E-state index in [2.05, 4.69) is 21.0 Å². The molecule has 0 aliphatic heterocycles. The van der Waals surface area contributed by atoms with Crippen molar-refractivity contribution in [3.63, 3.8) is 0 Å². The van der Waals surface area contributed by atoms with Gasteiger partial charge in [0, 0.05) is 0 Å². The summed E-state index contributed by atoms with van der Waals surface area (Å²) in [6, 6.07) is 0. The summed E-state index contributed by atoms with van der Waals surface area (Å²) in [6.45, 7) is 1.76. The van der Waals surface area contributed by atoms with Crippen LogP contribution in [0.5, 0.6) is 0 Å². The van der Waals surface area contributed by atoms with Gasteiger partial charge in [0.15, 0.2) is 0 Å². The average Bonchev–Trinajstić information content (AvgIpc) is 2.28. The molecule has 13 heavy (non-hydrogen) atoms. The third-order valence-electron chi connectivity index (χ3n) is 1.63. The molecule has 1 heterocycles. The standard InChI is InChI=1S/C6H8BrN3O3/c1-4-5(10(12)13)6(7)8-9(4)2-3-11/h11H,2-3H2,1H3. The fourth-order valence-corrected chi connectivity index (χ4v) is 1.64. The summed E-state index contributed by atoms with van der Waals surface area (Å²) in [5.74, 6) is 0. The highest BCUT2D eigenvalue weighted by Gasteiger charge is 2.22. The van der Waals surface area contributed by atoms with Crippen LogP contribution in [-0.2, 0) is 6.54 Å². The van der Waals surface area contributed by atoms with E-state index in [9.17, 15) is 10.1 Å². The average molecular weight is 250 g/mol. The molecule has 7 heteroatoms.